The molecule has 0 radical (unpaired) electrons. The van der Waals surface area contributed by atoms with Crippen molar-refractivity contribution >= 4 is 32.8 Å². The van der Waals surface area contributed by atoms with Crippen molar-refractivity contribution in [2.75, 3.05) is 24.3 Å². The summed E-state index contributed by atoms with van der Waals surface area (Å²) in [7, 11) is 4.03. The zero-order valence-corrected chi connectivity index (χ0v) is 15.2. The van der Waals surface area contributed by atoms with Gasteiger partial charge in [0.05, 0.1) is 0 Å². The van der Waals surface area contributed by atoms with Gasteiger partial charge in [-0.2, -0.15) is 4.52 Å². The van der Waals surface area contributed by atoms with Crippen LogP contribution in [0.1, 0.15) is 11.4 Å². The Hall–Kier alpha value is -3.13. The fraction of sp³-hybridized carbons (Fsp3) is 0.167. The molecule has 0 amide bonds. The van der Waals surface area contributed by atoms with E-state index in [-0.39, 0.29) is 5.75 Å². The third kappa shape index (κ3) is 3.31. The molecule has 2 heterocycles. The highest BCUT2D eigenvalue weighted by molar-refractivity contribution is 7.20. The maximum Gasteiger partial charge on any atom is 0.236 e. The van der Waals surface area contributed by atoms with Gasteiger partial charge in [-0.3, -0.25) is 0 Å². The number of anilines is 3. The van der Waals surface area contributed by atoms with E-state index in [1.807, 2.05) is 38.4 Å². The monoisotopic (exact) mass is 366 g/mol. The van der Waals surface area contributed by atoms with Crippen LogP contribution >= 0.6 is 11.3 Å². The molecule has 0 saturated heterocycles. The van der Waals surface area contributed by atoms with Crippen LogP contribution in [-0.4, -0.2) is 39.0 Å². The number of aromatic hydroxyl groups is 1. The van der Waals surface area contributed by atoms with Crippen LogP contribution in [0.3, 0.4) is 0 Å². The first-order valence-electron chi connectivity index (χ1n) is 8.12. The Morgan fingerprint density at radius 3 is 2.46 bits per heavy atom. The van der Waals surface area contributed by atoms with Crippen molar-refractivity contribution in [2.24, 2.45) is 0 Å². The molecule has 132 valence electrons. The summed E-state index contributed by atoms with van der Waals surface area (Å²) >= 11 is 1.45. The minimum atomic E-state index is 0.251. The van der Waals surface area contributed by atoms with Crippen molar-refractivity contribution in [3.05, 3.63) is 59.9 Å². The topological polar surface area (TPSA) is 78.6 Å². The molecule has 0 atom stereocenters. The number of phenolic OH excluding ortho intramolecular Hbond substituents is 1. The third-order valence-electron chi connectivity index (χ3n) is 3.99. The number of nitrogens with zero attached hydrogens (tertiary/aromatic N) is 5. The molecule has 2 aromatic carbocycles. The molecule has 7 nitrogen and oxygen atoms in total. The second-order valence-corrected chi connectivity index (χ2v) is 7.08. The molecule has 0 aliphatic carbocycles. The van der Waals surface area contributed by atoms with Gasteiger partial charge in [0.25, 0.3) is 0 Å². The maximum absolute atomic E-state index is 9.39. The number of rotatable bonds is 5. The third-order valence-corrected chi connectivity index (χ3v) is 4.80. The van der Waals surface area contributed by atoms with E-state index in [0.29, 0.717) is 6.42 Å². The van der Waals surface area contributed by atoms with E-state index in [4.69, 9.17) is 0 Å². The molecule has 0 aliphatic heterocycles. The first-order chi connectivity index (χ1) is 12.6. The van der Waals surface area contributed by atoms with Crippen LogP contribution in [0.15, 0.2) is 48.5 Å². The standard InChI is InChI=1S/C18H18N6OS/c1-23(2)14-7-5-13(6-8-14)19-17-22-24-16(20-21-18(24)26-17)11-12-3-9-15(25)10-4-12/h3-10,25H,11H2,1-2H3,(H,19,22). The second-order valence-electron chi connectivity index (χ2n) is 6.13. The molecular formula is C18H18N6OS. The first-order valence-corrected chi connectivity index (χ1v) is 8.93. The van der Waals surface area contributed by atoms with Gasteiger partial charge in [0.15, 0.2) is 5.82 Å². The van der Waals surface area contributed by atoms with E-state index in [0.717, 1.165) is 32.9 Å². The van der Waals surface area contributed by atoms with Gasteiger partial charge in [-0.1, -0.05) is 23.5 Å². The number of hydrogen-bond donors (Lipinski definition) is 2. The molecule has 2 aromatic heterocycles. The van der Waals surface area contributed by atoms with Gasteiger partial charge in [-0.05, 0) is 42.0 Å². The van der Waals surface area contributed by atoms with Crippen molar-refractivity contribution in [1.82, 2.24) is 19.8 Å². The van der Waals surface area contributed by atoms with Crippen LogP contribution in [0.2, 0.25) is 0 Å². The van der Waals surface area contributed by atoms with Crippen LogP contribution < -0.4 is 10.2 Å². The lowest BCUT2D eigenvalue weighted by molar-refractivity contribution is 0.475. The van der Waals surface area contributed by atoms with Gasteiger partial charge >= 0.3 is 0 Å². The SMILES string of the molecule is CN(C)c1ccc(Nc2nn3c(Cc4ccc(O)cc4)nnc3s2)cc1. The van der Waals surface area contributed by atoms with Crippen LogP contribution in [0.4, 0.5) is 16.5 Å². The number of fused-ring (bicyclic) bond motifs is 1. The Morgan fingerprint density at radius 2 is 1.77 bits per heavy atom. The summed E-state index contributed by atoms with van der Waals surface area (Å²) < 4.78 is 1.76. The van der Waals surface area contributed by atoms with Crippen molar-refractivity contribution < 1.29 is 5.11 Å². The molecule has 4 rings (SSSR count). The average Bonchev–Trinajstić information content (AvgIpc) is 3.19. The highest BCUT2D eigenvalue weighted by Gasteiger charge is 2.12. The minimum absolute atomic E-state index is 0.251. The Balaban J connectivity index is 1.54. The Kier molecular flexibility index (Phi) is 4.18. The molecule has 0 saturated carbocycles. The maximum atomic E-state index is 9.39. The highest BCUT2D eigenvalue weighted by Crippen LogP contribution is 2.25. The summed E-state index contributed by atoms with van der Waals surface area (Å²) in [4.78, 5) is 2.80. The lowest BCUT2D eigenvalue weighted by Crippen LogP contribution is -2.08. The van der Waals surface area contributed by atoms with Crippen molar-refractivity contribution in [3.8, 4) is 5.75 Å². The average molecular weight is 366 g/mol. The van der Waals surface area contributed by atoms with Gasteiger partial charge in [0.1, 0.15) is 5.75 Å². The molecule has 0 unspecified atom stereocenters. The summed E-state index contributed by atoms with van der Waals surface area (Å²) in [6, 6.07) is 15.2. The minimum Gasteiger partial charge on any atom is -0.508 e. The van der Waals surface area contributed by atoms with Gasteiger partial charge < -0.3 is 15.3 Å². The fourth-order valence-corrected chi connectivity index (χ4v) is 3.36. The van der Waals surface area contributed by atoms with E-state index in [1.54, 1.807) is 16.6 Å². The summed E-state index contributed by atoms with van der Waals surface area (Å²) in [6.45, 7) is 0. The Labute approximate surface area is 154 Å². The zero-order chi connectivity index (χ0) is 18.1. The second kappa shape index (κ2) is 6.64. The molecule has 0 spiro atoms. The summed E-state index contributed by atoms with van der Waals surface area (Å²) in [5.41, 5.74) is 3.16. The van der Waals surface area contributed by atoms with E-state index >= 15 is 0 Å². The fourth-order valence-electron chi connectivity index (χ4n) is 2.58. The van der Waals surface area contributed by atoms with E-state index in [2.05, 4.69) is 37.6 Å². The van der Waals surface area contributed by atoms with Crippen molar-refractivity contribution in [1.29, 1.82) is 0 Å². The first kappa shape index (κ1) is 16.3. The number of nitrogens with one attached hydrogen (secondary N) is 1. The summed E-state index contributed by atoms with van der Waals surface area (Å²) in [5.74, 6) is 1.01. The van der Waals surface area contributed by atoms with Gasteiger partial charge in [-0.15, -0.1) is 15.3 Å². The van der Waals surface area contributed by atoms with E-state index in [1.165, 1.54) is 11.3 Å². The van der Waals surface area contributed by atoms with Crippen LogP contribution in [0.5, 0.6) is 5.75 Å². The van der Waals surface area contributed by atoms with Crippen LogP contribution in [0, 0.1) is 0 Å². The molecule has 0 bridgehead atoms. The molecule has 0 fully saturated rings. The van der Waals surface area contributed by atoms with Crippen LogP contribution in [0.25, 0.3) is 4.96 Å². The lowest BCUT2D eigenvalue weighted by atomic mass is 10.1. The molecule has 2 N–H and O–H groups in total. The zero-order valence-electron chi connectivity index (χ0n) is 14.4. The lowest BCUT2D eigenvalue weighted by Gasteiger charge is -2.12. The Bertz CT molecular complexity index is 1020. The quantitative estimate of drug-likeness (QED) is 0.564. The summed E-state index contributed by atoms with van der Waals surface area (Å²) in [5, 5.41) is 26.5. The largest absolute Gasteiger partial charge is 0.508 e. The molecule has 0 aliphatic rings. The number of benzene rings is 2. The molecule has 26 heavy (non-hydrogen) atoms. The molecule has 4 aromatic rings. The van der Waals surface area contributed by atoms with Gasteiger partial charge in [-0.25, -0.2) is 0 Å². The number of hydrogen-bond acceptors (Lipinski definition) is 7. The van der Waals surface area contributed by atoms with Crippen molar-refractivity contribution in [3.63, 3.8) is 0 Å². The normalized spacial score (nSPS) is 11.0. The Morgan fingerprint density at radius 1 is 1.04 bits per heavy atom. The van der Waals surface area contributed by atoms with E-state index < -0.39 is 0 Å². The summed E-state index contributed by atoms with van der Waals surface area (Å²) in [6.07, 6.45) is 0.599. The molecule has 8 heteroatoms. The molecular weight excluding hydrogens is 348 g/mol. The number of aromatic nitrogens is 4. The van der Waals surface area contributed by atoms with Crippen molar-refractivity contribution in [2.45, 2.75) is 6.42 Å². The van der Waals surface area contributed by atoms with E-state index in [9.17, 15) is 5.11 Å². The predicted octanol–water partition coefficient (Wildman–Crippen LogP) is 3.29. The van der Waals surface area contributed by atoms with Crippen LogP contribution in [-0.2, 0) is 6.42 Å². The number of phenols is 1. The predicted molar refractivity (Wildman–Crippen MR) is 104 cm³/mol. The van der Waals surface area contributed by atoms with Gasteiger partial charge in [0.2, 0.25) is 10.1 Å². The smallest absolute Gasteiger partial charge is 0.236 e. The highest BCUT2D eigenvalue weighted by atomic mass is 32.1. The van der Waals surface area contributed by atoms with Gasteiger partial charge in [0, 0.05) is 31.9 Å².